The van der Waals surface area contributed by atoms with E-state index in [1.54, 1.807) is 18.2 Å². The lowest BCUT2D eigenvalue weighted by atomic mass is 9.90. The van der Waals surface area contributed by atoms with Gasteiger partial charge in [0, 0.05) is 13.1 Å². The molecule has 3 rings (SSSR count). The molecule has 0 radical (unpaired) electrons. The second-order valence-electron chi connectivity index (χ2n) is 8.87. The first-order valence-electron chi connectivity index (χ1n) is 11.8. The number of carbonyl (C=O) groups is 2. The van der Waals surface area contributed by atoms with Crippen molar-refractivity contribution in [3.05, 3.63) is 58.6 Å². The molecule has 0 aliphatic carbocycles. The molecule has 2 aromatic rings. The molecular weight excluding hydrogens is 497 g/mol. The minimum atomic E-state index is -4.69. The molecule has 2 aromatic carbocycles. The van der Waals surface area contributed by atoms with Crippen LogP contribution in [0.4, 0.5) is 13.2 Å². The Morgan fingerprint density at radius 2 is 1.83 bits per heavy atom. The molecule has 6 nitrogen and oxygen atoms in total. The van der Waals surface area contributed by atoms with Crippen molar-refractivity contribution in [2.24, 2.45) is 11.7 Å². The molecule has 1 heterocycles. The predicted molar refractivity (Wildman–Crippen MR) is 130 cm³/mol. The van der Waals surface area contributed by atoms with Crippen molar-refractivity contribution in [1.82, 2.24) is 4.90 Å². The molecule has 196 valence electrons. The van der Waals surface area contributed by atoms with Crippen LogP contribution in [0.25, 0.3) is 0 Å². The van der Waals surface area contributed by atoms with Crippen LogP contribution in [0.2, 0.25) is 5.02 Å². The number of hydrogen-bond donors (Lipinski definition) is 1. The Morgan fingerprint density at radius 1 is 1.11 bits per heavy atom. The number of methoxy groups -OCH3 is 1. The van der Waals surface area contributed by atoms with Crippen LogP contribution in [0.15, 0.2) is 42.5 Å². The van der Waals surface area contributed by atoms with Crippen LogP contribution in [-0.2, 0) is 4.79 Å². The van der Waals surface area contributed by atoms with Gasteiger partial charge in [-0.3, -0.25) is 9.59 Å². The zero-order chi connectivity index (χ0) is 26.3. The molecule has 1 fully saturated rings. The van der Waals surface area contributed by atoms with Crippen molar-refractivity contribution in [3.8, 4) is 11.5 Å². The Morgan fingerprint density at radius 3 is 2.44 bits per heavy atom. The van der Waals surface area contributed by atoms with E-state index in [0.717, 1.165) is 19.3 Å². The summed E-state index contributed by atoms with van der Waals surface area (Å²) in [6.45, 7) is 1.08. The molecule has 0 aromatic heterocycles. The minimum Gasteiger partial charge on any atom is -0.497 e. The van der Waals surface area contributed by atoms with Crippen LogP contribution in [0.3, 0.4) is 0 Å². The van der Waals surface area contributed by atoms with Crippen LogP contribution in [0, 0.1) is 5.92 Å². The molecule has 1 aliphatic heterocycles. The van der Waals surface area contributed by atoms with Gasteiger partial charge in [0.15, 0.2) is 5.92 Å². The number of likely N-dealkylation sites (tertiary alicyclic amines) is 1. The van der Waals surface area contributed by atoms with E-state index < -0.39 is 23.9 Å². The molecule has 0 saturated carbocycles. The Hall–Kier alpha value is -2.94. The van der Waals surface area contributed by atoms with Crippen molar-refractivity contribution < 1.29 is 32.2 Å². The number of carbonyl (C=O) groups excluding carboxylic acids is 2. The van der Waals surface area contributed by atoms with Crippen LogP contribution < -0.4 is 15.2 Å². The maximum atomic E-state index is 13.8. The molecule has 1 atom stereocenters. The van der Waals surface area contributed by atoms with E-state index in [4.69, 9.17) is 26.8 Å². The summed E-state index contributed by atoms with van der Waals surface area (Å²) in [6, 6.07) is 10.3. The van der Waals surface area contributed by atoms with E-state index >= 15 is 0 Å². The molecule has 2 N–H and O–H groups in total. The predicted octanol–water partition coefficient (Wildman–Crippen LogP) is 5.58. The Bertz CT molecular complexity index is 1060. The topological polar surface area (TPSA) is 81.9 Å². The number of ether oxygens (including phenoxy) is 2. The maximum absolute atomic E-state index is 13.8. The summed E-state index contributed by atoms with van der Waals surface area (Å²) in [5.41, 5.74) is 5.35. The fraction of sp³-hybridized carbons (Fsp3) is 0.462. The molecule has 1 aliphatic rings. The number of unbranched alkanes of at least 4 members (excludes halogenated alkanes) is 1. The molecule has 1 saturated heterocycles. The summed E-state index contributed by atoms with van der Waals surface area (Å²) in [5.74, 6) is -2.54. The normalized spacial score (nSPS) is 15.4. The van der Waals surface area contributed by atoms with E-state index in [2.05, 4.69) is 0 Å². The van der Waals surface area contributed by atoms with Crippen molar-refractivity contribution >= 4 is 23.4 Å². The van der Waals surface area contributed by atoms with Gasteiger partial charge in [-0.25, -0.2) is 0 Å². The van der Waals surface area contributed by atoms with E-state index in [1.165, 1.54) is 36.3 Å². The average Bonchev–Trinajstić information content (AvgIpc) is 2.83. The number of alkyl halides is 3. The summed E-state index contributed by atoms with van der Waals surface area (Å²) >= 11 is 6.02. The minimum absolute atomic E-state index is 0.112. The van der Waals surface area contributed by atoms with Crippen LogP contribution in [-0.4, -0.2) is 49.7 Å². The zero-order valence-electron chi connectivity index (χ0n) is 20.0. The Labute approximate surface area is 213 Å². The van der Waals surface area contributed by atoms with Gasteiger partial charge in [0.2, 0.25) is 11.8 Å². The number of nitrogens with zero attached hydrogens (tertiary/aromatic N) is 1. The average molecular weight is 527 g/mol. The highest BCUT2D eigenvalue weighted by molar-refractivity contribution is 6.33. The largest absolute Gasteiger partial charge is 0.497 e. The van der Waals surface area contributed by atoms with Gasteiger partial charge in [0.25, 0.3) is 0 Å². The molecular formula is C26H30ClF3N2O4. The molecule has 2 amide bonds. The van der Waals surface area contributed by atoms with Gasteiger partial charge < -0.3 is 20.1 Å². The number of nitrogens with two attached hydrogens (primary N) is 1. The first-order valence-corrected chi connectivity index (χ1v) is 12.2. The number of primary amides is 1. The van der Waals surface area contributed by atoms with Crippen LogP contribution in [0.1, 0.15) is 53.9 Å². The zero-order valence-corrected chi connectivity index (χ0v) is 20.8. The Balaban J connectivity index is 1.44. The number of benzene rings is 2. The summed E-state index contributed by atoms with van der Waals surface area (Å²) in [4.78, 5) is 25.4. The van der Waals surface area contributed by atoms with Crippen molar-refractivity contribution in [1.29, 1.82) is 0 Å². The van der Waals surface area contributed by atoms with Gasteiger partial charge in [-0.1, -0.05) is 30.2 Å². The van der Waals surface area contributed by atoms with E-state index in [9.17, 15) is 22.8 Å². The Kier molecular flexibility index (Phi) is 9.48. The second-order valence-corrected chi connectivity index (χ2v) is 9.28. The van der Waals surface area contributed by atoms with Gasteiger partial charge in [-0.05, 0) is 67.5 Å². The first-order chi connectivity index (χ1) is 17.1. The van der Waals surface area contributed by atoms with Gasteiger partial charge in [-0.2, -0.15) is 13.2 Å². The summed E-state index contributed by atoms with van der Waals surface area (Å²) in [5, 5.41) is 0.237. The van der Waals surface area contributed by atoms with E-state index in [1.807, 2.05) is 0 Å². The van der Waals surface area contributed by atoms with Gasteiger partial charge in [0.05, 0.1) is 24.3 Å². The summed E-state index contributed by atoms with van der Waals surface area (Å²) in [7, 11) is 1.37. The summed E-state index contributed by atoms with van der Waals surface area (Å²) < 4.78 is 52.2. The van der Waals surface area contributed by atoms with E-state index in [0.29, 0.717) is 44.2 Å². The van der Waals surface area contributed by atoms with Crippen LogP contribution in [0.5, 0.6) is 11.5 Å². The SMILES string of the molecule is COc1cccc(C(C(=O)N2CCC(CCCCOc3ccc(C(N)=O)c(Cl)c3)CC2)C(F)(F)F)c1. The van der Waals surface area contributed by atoms with Crippen molar-refractivity contribution in [2.45, 2.75) is 44.2 Å². The van der Waals surface area contributed by atoms with Crippen molar-refractivity contribution in [3.63, 3.8) is 0 Å². The lowest BCUT2D eigenvalue weighted by molar-refractivity contribution is -0.172. The fourth-order valence-electron chi connectivity index (χ4n) is 4.43. The monoisotopic (exact) mass is 526 g/mol. The number of hydrogen-bond acceptors (Lipinski definition) is 4. The summed E-state index contributed by atoms with van der Waals surface area (Å²) in [6.07, 6.45) is -0.768. The smallest absolute Gasteiger partial charge is 0.404 e. The third-order valence-corrected chi connectivity index (χ3v) is 6.72. The lowest BCUT2D eigenvalue weighted by Crippen LogP contribution is -2.44. The quantitative estimate of drug-likeness (QED) is 0.410. The van der Waals surface area contributed by atoms with E-state index in [-0.39, 0.29) is 21.9 Å². The third kappa shape index (κ3) is 7.29. The second kappa shape index (κ2) is 12.3. The van der Waals surface area contributed by atoms with Gasteiger partial charge >= 0.3 is 6.18 Å². The fourth-order valence-corrected chi connectivity index (χ4v) is 4.69. The molecule has 0 spiro atoms. The molecule has 10 heteroatoms. The standard InChI is InChI=1S/C26H30ClF3N2O4/c1-35-19-7-4-6-18(15-19)23(26(28,29)30)25(34)32-12-10-17(11-13-32)5-2-3-14-36-20-8-9-21(24(31)33)22(27)16-20/h4,6-9,15-17,23H,2-3,5,10-14H2,1H3,(H2,31,33). The third-order valence-electron chi connectivity index (χ3n) is 6.41. The molecule has 1 unspecified atom stereocenters. The number of piperidine rings is 1. The van der Waals surface area contributed by atoms with Crippen LogP contribution >= 0.6 is 11.6 Å². The first kappa shape index (κ1) is 27.6. The number of amides is 2. The number of halogens is 4. The van der Waals surface area contributed by atoms with Gasteiger partial charge in [-0.15, -0.1) is 0 Å². The highest BCUT2D eigenvalue weighted by Gasteiger charge is 2.48. The lowest BCUT2D eigenvalue weighted by Gasteiger charge is -2.35. The van der Waals surface area contributed by atoms with Crippen molar-refractivity contribution in [2.75, 3.05) is 26.8 Å². The molecule has 36 heavy (non-hydrogen) atoms. The molecule has 0 bridgehead atoms. The number of rotatable bonds is 10. The maximum Gasteiger partial charge on any atom is 0.404 e. The van der Waals surface area contributed by atoms with Gasteiger partial charge in [0.1, 0.15) is 11.5 Å². The highest BCUT2D eigenvalue weighted by atomic mass is 35.5. The highest BCUT2D eigenvalue weighted by Crippen LogP contribution is 2.38.